The molecule has 0 aliphatic heterocycles. The second-order valence-corrected chi connectivity index (χ2v) is 7.25. The normalized spacial score (nSPS) is 15.0. The maximum Gasteiger partial charge on any atom is 0.228 e. The Morgan fingerprint density at radius 3 is 2.64 bits per heavy atom. The highest BCUT2D eigenvalue weighted by atomic mass is 16.5. The molecule has 1 fully saturated rings. The molecule has 28 heavy (non-hydrogen) atoms. The van der Waals surface area contributed by atoms with Crippen LogP contribution in [0.3, 0.4) is 0 Å². The number of carbonyl (C=O) groups is 1. The van der Waals surface area contributed by atoms with Gasteiger partial charge in [0.25, 0.3) is 0 Å². The molecular formula is C21H29N3O4. The maximum absolute atomic E-state index is 12.7. The molecule has 0 saturated heterocycles. The van der Waals surface area contributed by atoms with E-state index in [1.54, 1.807) is 14.2 Å². The molecule has 0 radical (unpaired) electrons. The molecule has 1 unspecified atom stereocenters. The van der Waals surface area contributed by atoms with E-state index in [-0.39, 0.29) is 17.9 Å². The Morgan fingerprint density at radius 1 is 1.29 bits per heavy atom. The van der Waals surface area contributed by atoms with Crippen LogP contribution in [0.4, 0.5) is 0 Å². The van der Waals surface area contributed by atoms with E-state index in [0.29, 0.717) is 36.2 Å². The van der Waals surface area contributed by atoms with E-state index in [1.165, 1.54) is 0 Å². The molecule has 7 heteroatoms. The molecule has 2 aromatic rings. The molecule has 1 atom stereocenters. The number of hydrogen-bond acceptors (Lipinski definition) is 6. The van der Waals surface area contributed by atoms with Crippen LogP contribution in [0.25, 0.3) is 11.4 Å². The molecular weight excluding hydrogens is 358 g/mol. The van der Waals surface area contributed by atoms with Gasteiger partial charge in [0.1, 0.15) is 0 Å². The van der Waals surface area contributed by atoms with Gasteiger partial charge in [-0.1, -0.05) is 18.5 Å². The van der Waals surface area contributed by atoms with Crippen LogP contribution >= 0.6 is 0 Å². The van der Waals surface area contributed by atoms with E-state index < -0.39 is 0 Å². The van der Waals surface area contributed by atoms with Crippen molar-refractivity contribution in [3.63, 3.8) is 0 Å². The van der Waals surface area contributed by atoms with Crippen molar-refractivity contribution in [1.82, 2.24) is 15.0 Å². The summed E-state index contributed by atoms with van der Waals surface area (Å²) in [6.07, 6.45) is 4.65. The first-order chi connectivity index (χ1) is 13.6. The first-order valence-corrected chi connectivity index (χ1v) is 9.92. The topological polar surface area (TPSA) is 77.7 Å². The Bertz CT molecular complexity index is 801. The summed E-state index contributed by atoms with van der Waals surface area (Å²) >= 11 is 0. The fourth-order valence-electron chi connectivity index (χ4n) is 3.32. The minimum atomic E-state index is 0.194. The Morgan fingerprint density at radius 2 is 2.04 bits per heavy atom. The van der Waals surface area contributed by atoms with Crippen LogP contribution in [-0.2, 0) is 11.2 Å². The predicted molar refractivity (Wildman–Crippen MR) is 105 cm³/mol. The quantitative estimate of drug-likeness (QED) is 0.652. The van der Waals surface area contributed by atoms with Gasteiger partial charge in [-0.05, 0) is 44.4 Å². The van der Waals surface area contributed by atoms with Crippen LogP contribution in [0.1, 0.15) is 45.4 Å². The zero-order chi connectivity index (χ0) is 20.1. The standard InChI is InChI=1S/C21H29N3O4/c1-5-14(2)24(21(25)15-7-6-8-15)12-11-19-22-20(23-28-19)16-9-10-17(26-3)18(13-16)27-4/h9-10,13-15H,5-8,11-12H2,1-4H3. The Labute approximate surface area is 166 Å². The molecule has 1 amide bonds. The number of ether oxygens (including phenoxy) is 2. The first-order valence-electron chi connectivity index (χ1n) is 9.92. The van der Waals surface area contributed by atoms with E-state index >= 15 is 0 Å². The van der Waals surface area contributed by atoms with Gasteiger partial charge in [0.2, 0.25) is 17.6 Å². The SMILES string of the molecule is CCC(C)N(CCc1nc(-c2ccc(OC)c(OC)c2)no1)C(=O)C1CCC1. The number of amides is 1. The summed E-state index contributed by atoms with van der Waals surface area (Å²) in [6, 6.07) is 5.70. The van der Waals surface area contributed by atoms with Gasteiger partial charge < -0.3 is 18.9 Å². The van der Waals surface area contributed by atoms with Gasteiger partial charge in [0.15, 0.2) is 11.5 Å². The monoisotopic (exact) mass is 387 g/mol. The second kappa shape index (κ2) is 9.08. The summed E-state index contributed by atoms with van der Waals surface area (Å²) in [4.78, 5) is 19.2. The molecule has 0 N–H and O–H groups in total. The average molecular weight is 387 g/mol. The molecule has 1 aliphatic rings. The minimum absolute atomic E-state index is 0.194. The van der Waals surface area contributed by atoms with Gasteiger partial charge in [0, 0.05) is 30.5 Å². The van der Waals surface area contributed by atoms with Crippen molar-refractivity contribution in [2.24, 2.45) is 5.92 Å². The highest BCUT2D eigenvalue weighted by Gasteiger charge is 2.31. The number of aromatic nitrogens is 2. The average Bonchev–Trinajstić information content (AvgIpc) is 3.14. The third-order valence-corrected chi connectivity index (χ3v) is 5.54. The molecule has 1 aliphatic carbocycles. The number of benzene rings is 1. The van der Waals surface area contributed by atoms with Gasteiger partial charge in [0.05, 0.1) is 14.2 Å². The summed E-state index contributed by atoms with van der Waals surface area (Å²) in [5.74, 6) is 2.74. The van der Waals surface area contributed by atoms with E-state index in [0.717, 1.165) is 31.2 Å². The molecule has 1 heterocycles. The summed E-state index contributed by atoms with van der Waals surface area (Å²) in [5, 5.41) is 4.08. The third-order valence-electron chi connectivity index (χ3n) is 5.54. The Hall–Kier alpha value is -2.57. The number of nitrogens with zero attached hydrogens (tertiary/aromatic N) is 3. The summed E-state index contributed by atoms with van der Waals surface area (Å²) in [5.41, 5.74) is 0.789. The van der Waals surface area contributed by atoms with Crippen LogP contribution in [0.2, 0.25) is 0 Å². The molecule has 1 aromatic carbocycles. The van der Waals surface area contributed by atoms with Crippen molar-refractivity contribution in [2.75, 3.05) is 20.8 Å². The lowest BCUT2D eigenvalue weighted by Gasteiger charge is -2.35. The molecule has 0 spiro atoms. The number of carbonyl (C=O) groups excluding carboxylic acids is 1. The zero-order valence-corrected chi connectivity index (χ0v) is 17.1. The van der Waals surface area contributed by atoms with Crippen molar-refractivity contribution < 1.29 is 18.8 Å². The van der Waals surface area contributed by atoms with Gasteiger partial charge in [-0.15, -0.1) is 0 Å². The number of methoxy groups -OCH3 is 2. The van der Waals surface area contributed by atoms with E-state index in [1.807, 2.05) is 23.1 Å². The second-order valence-electron chi connectivity index (χ2n) is 7.25. The summed E-state index contributed by atoms with van der Waals surface area (Å²) in [7, 11) is 3.18. The van der Waals surface area contributed by atoms with Crippen LogP contribution in [0.15, 0.2) is 22.7 Å². The molecule has 7 nitrogen and oxygen atoms in total. The van der Waals surface area contributed by atoms with Crippen molar-refractivity contribution in [1.29, 1.82) is 0 Å². The lowest BCUT2D eigenvalue weighted by Crippen LogP contribution is -2.44. The van der Waals surface area contributed by atoms with Gasteiger partial charge in [-0.25, -0.2) is 0 Å². The van der Waals surface area contributed by atoms with Crippen LogP contribution in [-0.4, -0.2) is 47.8 Å². The smallest absolute Gasteiger partial charge is 0.228 e. The minimum Gasteiger partial charge on any atom is -0.493 e. The van der Waals surface area contributed by atoms with E-state index in [4.69, 9.17) is 14.0 Å². The molecule has 1 aromatic heterocycles. The Kier molecular flexibility index (Phi) is 6.54. The lowest BCUT2D eigenvalue weighted by molar-refractivity contribution is -0.140. The van der Waals surface area contributed by atoms with Gasteiger partial charge in [-0.2, -0.15) is 4.98 Å². The summed E-state index contributed by atoms with van der Waals surface area (Å²) < 4.78 is 16.0. The fourth-order valence-corrected chi connectivity index (χ4v) is 3.32. The largest absolute Gasteiger partial charge is 0.493 e. The zero-order valence-electron chi connectivity index (χ0n) is 17.1. The molecule has 152 valence electrons. The van der Waals surface area contributed by atoms with Gasteiger partial charge in [-0.3, -0.25) is 4.79 Å². The highest BCUT2D eigenvalue weighted by molar-refractivity contribution is 5.79. The lowest BCUT2D eigenvalue weighted by atomic mass is 9.84. The Balaban J connectivity index is 1.68. The van der Waals surface area contributed by atoms with Crippen LogP contribution in [0, 0.1) is 5.92 Å². The van der Waals surface area contributed by atoms with Crippen LogP contribution in [0.5, 0.6) is 11.5 Å². The first kappa shape index (κ1) is 20.2. The van der Waals surface area contributed by atoms with E-state index in [2.05, 4.69) is 24.0 Å². The third kappa shape index (κ3) is 4.29. The van der Waals surface area contributed by atoms with Crippen molar-refractivity contribution in [3.8, 4) is 22.9 Å². The number of hydrogen-bond donors (Lipinski definition) is 0. The van der Waals surface area contributed by atoms with Crippen molar-refractivity contribution in [2.45, 2.75) is 52.0 Å². The van der Waals surface area contributed by atoms with Gasteiger partial charge >= 0.3 is 0 Å². The molecule has 1 saturated carbocycles. The van der Waals surface area contributed by atoms with E-state index in [9.17, 15) is 4.79 Å². The molecule has 0 bridgehead atoms. The number of rotatable bonds is 9. The molecule has 3 rings (SSSR count). The highest BCUT2D eigenvalue weighted by Crippen LogP contribution is 2.31. The van der Waals surface area contributed by atoms with Crippen molar-refractivity contribution >= 4 is 5.91 Å². The van der Waals surface area contributed by atoms with Crippen molar-refractivity contribution in [3.05, 3.63) is 24.1 Å². The maximum atomic E-state index is 12.7. The predicted octanol–water partition coefficient (Wildman–Crippen LogP) is 3.72. The summed E-state index contributed by atoms with van der Waals surface area (Å²) in [6.45, 7) is 4.80. The van der Waals surface area contributed by atoms with Crippen LogP contribution < -0.4 is 9.47 Å². The fraction of sp³-hybridized carbons (Fsp3) is 0.571.